The van der Waals surface area contributed by atoms with Crippen molar-refractivity contribution >= 4 is 28.9 Å². The third-order valence-electron chi connectivity index (χ3n) is 4.71. The number of fused-ring (bicyclic) bond motifs is 1. The zero-order valence-corrected chi connectivity index (χ0v) is 15.5. The predicted molar refractivity (Wildman–Crippen MR) is 101 cm³/mol. The molecule has 8 heteroatoms. The molecule has 3 aliphatic rings. The van der Waals surface area contributed by atoms with E-state index in [1.54, 1.807) is 18.5 Å². The Kier molecular flexibility index (Phi) is 4.11. The van der Waals surface area contributed by atoms with E-state index in [2.05, 4.69) is 25.9 Å². The van der Waals surface area contributed by atoms with Crippen molar-refractivity contribution in [2.45, 2.75) is 32.0 Å². The molecule has 1 aromatic rings. The number of nitrogens with one attached hydrogen (secondary N) is 3. The summed E-state index contributed by atoms with van der Waals surface area (Å²) in [6.45, 7) is 5.41. The summed E-state index contributed by atoms with van der Waals surface area (Å²) in [6, 6.07) is 1.77. The van der Waals surface area contributed by atoms with Gasteiger partial charge in [-0.3, -0.25) is 4.79 Å². The second-order valence-electron chi connectivity index (χ2n) is 7.11. The van der Waals surface area contributed by atoms with Gasteiger partial charge in [-0.05, 0) is 32.4 Å². The first-order valence-corrected chi connectivity index (χ1v) is 9.03. The van der Waals surface area contributed by atoms with Gasteiger partial charge >= 0.3 is 0 Å². The molecule has 0 spiro atoms. The van der Waals surface area contributed by atoms with Gasteiger partial charge in [0, 0.05) is 42.8 Å². The first-order valence-electron chi connectivity index (χ1n) is 8.65. The molecule has 1 fully saturated rings. The Morgan fingerprint density at radius 3 is 2.85 bits per heavy atom. The van der Waals surface area contributed by atoms with E-state index in [-0.39, 0.29) is 12.1 Å². The Balaban J connectivity index is 1.56. The molecule has 1 unspecified atom stereocenters. The minimum atomic E-state index is -0.728. The summed E-state index contributed by atoms with van der Waals surface area (Å²) in [7, 11) is 0. The van der Waals surface area contributed by atoms with Crippen molar-refractivity contribution in [2.24, 2.45) is 0 Å². The maximum Gasteiger partial charge on any atom is 0.247 e. The molecule has 3 N–H and O–H groups in total. The number of rotatable bonds is 4. The van der Waals surface area contributed by atoms with E-state index in [4.69, 9.17) is 11.6 Å². The van der Waals surface area contributed by atoms with Crippen LogP contribution in [0.1, 0.15) is 26.1 Å². The van der Waals surface area contributed by atoms with E-state index in [0.717, 1.165) is 30.7 Å². The lowest BCUT2D eigenvalue weighted by atomic mass is 10.0. The zero-order chi connectivity index (χ0) is 18.3. The number of aromatic nitrogens is 2. The van der Waals surface area contributed by atoms with Gasteiger partial charge in [0.2, 0.25) is 5.91 Å². The average molecular weight is 373 g/mol. The van der Waals surface area contributed by atoms with Crippen molar-refractivity contribution in [2.75, 3.05) is 18.4 Å². The zero-order valence-electron chi connectivity index (χ0n) is 14.7. The highest BCUT2D eigenvalue weighted by Gasteiger charge is 2.35. The van der Waals surface area contributed by atoms with Crippen LogP contribution in [0.5, 0.6) is 0 Å². The Bertz CT molecular complexity index is 840. The molecule has 1 amide bonds. The fourth-order valence-corrected chi connectivity index (χ4v) is 3.37. The molecule has 1 aromatic heterocycles. The summed E-state index contributed by atoms with van der Waals surface area (Å²) in [6.07, 6.45) is 8.26. The standard InChI is InChI=1S/C18H21ClN6O/c1-18(2,17(26)25-6-3-7-25)24-14-4-5-20-16(23-14)13-10-22-15-12(13)8-11(19)9-21-15/h4-5,8-10,15,21-22H,3,6-7H2,1-2H3,(H,20,23,24). The summed E-state index contributed by atoms with van der Waals surface area (Å²) < 4.78 is 0. The average Bonchev–Trinajstić information content (AvgIpc) is 2.96. The number of amides is 1. The van der Waals surface area contributed by atoms with Crippen LogP contribution in [0.3, 0.4) is 0 Å². The van der Waals surface area contributed by atoms with Crippen LogP contribution >= 0.6 is 11.6 Å². The van der Waals surface area contributed by atoms with Crippen LogP contribution in [0.25, 0.3) is 5.57 Å². The van der Waals surface area contributed by atoms with Gasteiger partial charge in [-0.15, -0.1) is 0 Å². The predicted octanol–water partition coefficient (Wildman–Crippen LogP) is 1.78. The quantitative estimate of drug-likeness (QED) is 0.747. The molecule has 26 heavy (non-hydrogen) atoms. The van der Waals surface area contributed by atoms with Crippen molar-refractivity contribution in [1.82, 2.24) is 25.5 Å². The fraction of sp³-hybridized carbons (Fsp3) is 0.389. The highest BCUT2D eigenvalue weighted by Crippen LogP contribution is 2.31. The molecular weight excluding hydrogens is 352 g/mol. The molecule has 0 bridgehead atoms. The lowest BCUT2D eigenvalue weighted by Gasteiger charge is -2.38. The number of allylic oxidation sites excluding steroid dienone is 2. The van der Waals surface area contributed by atoms with Crippen LogP contribution in [0.4, 0.5) is 5.82 Å². The number of halogens is 1. The van der Waals surface area contributed by atoms with E-state index in [9.17, 15) is 4.79 Å². The first-order chi connectivity index (χ1) is 12.4. The molecular formula is C18H21ClN6O. The number of dihydropyridines is 1. The van der Waals surface area contributed by atoms with Crippen LogP contribution < -0.4 is 16.0 Å². The van der Waals surface area contributed by atoms with Gasteiger partial charge in [-0.2, -0.15) is 0 Å². The van der Waals surface area contributed by atoms with Gasteiger partial charge in [0.05, 0.1) is 5.03 Å². The number of nitrogens with zero attached hydrogens (tertiary/aromatic N) is 3. The second kappa shape index (κ2) is 6.32. The summed E-state index contributed by atoms with van der Waals surface area (Å²) in [5.41, 5.74) is 1.14. The molecule has 4 heterocycles. The lowest BCUT2D eigenvalue weighted by molar-refractivity contribution is -0.138. The van der Waals surface area contributed by atoms with E-state index < -0.39 is 5.54 Å². The Hall–Kier alpha value is -2.54. The smallest absolute Gasteiger partial charge is 0.247 e. The molecule has 136 valence electrons. The van der Waals surface area contributed by atoms with Crippen molar-refractivity contribution in [1.29, 1.82) is 0 Å². The highest BCUT2D eigenvalue weighted by molar-refractivity contribution is 6.31. The van der Waals surface area contributed by atoms with E-state index in [0.29, 0.717) is 16.7 Å². The minimum Gasteiger partial charge on any atom is -0.367 e. The van der Waals surface area contributed by atoms with Gasteiger partial charge in [0.15, 0.2) is 5.82 Å². The van der Waals surface area contributed by atoms with Crippen molar-refractivity contribution < 1.29 is 4.79 Å². The Morgan fingerprint density at radius 2 is 2.12 bits per heavy atom. The Labute approximate surface area is 157 Å². The van der Waals surface area contributed by atoms with Crippen LogP contribution in [0.2, 0.25) is 0 Å². The molecule has 0 aliphatic carbocycles. The number of hydrogen-bond donors (Lipinski definition) is 3. The van der Waals surface area contributed by atoms with Crippen LogP contribution in [0, 0.1) is 0 Å². The SMILES string of the molecule is CC(C)(Nc1ccnc(C2=CNC3NC=C(Cl)C=C23)n1)C(=O)N1CCC1. The molecule has 1 saturated heterocycles. The van der Waals surface area contributed by atoms with Crippen molar-refractivity contribution in [3.8, 4) is 0 Å². The van der Waals surface area contributed by atoms with E-state index in [1.165, 1.54) is 0 Å². The lowest BCUT2D eigenvalue weighted by Crippen LogP contribution is -2.54. The maximum atomic E-state index is 12.6. The highest BCUT2D eigenvalue weighted by atomic mass is 35.5. The largest absolute Gasteiger partial charge is 0.367 e. The molecule has 3 aliphatic heterocycles. The maximum absolute atomic E-state index is 12.6. The molecule has 0 aromatic carbocycles. The van der Waals surface area contributed by atoms with Crippen molar-refractivity contribution in [3.05, 3.63) is 47.2 Å². The molecule has 1 atom stereocenters. The topological polar surface area (TPSA) is 82.2 Å². The fourth-order valence-electron chi connectivity index (χ4n) is 3.19. The third-order valence-corrected chi connectivity index (χ3v) is 4.93. The summed E-state index contributed by atoms with van der Waals surface area (Å²) in [4.78, 5) is 23.4. The summed E-state index contributed by atoms with van der Waals surface area (Å²) in [5, 5.41) is 10.3. The normalized spacial score (nSPS) is 21.4. The van der Waals surface area contributed by atoms with Gasteiger partial charge < -0.3 is 20.9 Å². The van der Waals surface area contributed by atoms with E-state index >= 15 is 0 Å². The van der Waals surface area contributed by atoms with Crippen LogP contribution in [-0.2, 0) is 4.79 Å². The van der Waals surface area contributed by atoms with Crippen LogP contribution in [0.15, 0.2) is 41.3 Å². The number of anilines is 1. The van der Waals surface area contributed by atoms with Crippen molar-refractivity contribution in [3.63, 3.8) is 0 Å². The minimum absolute atomic E-state index is 0.0304. The van der Waals surface area contributed by atoms with Gasteiger partial charge in [0.25, 0.3) is 0 Å². The first kappa shape index (κ1) is 16.9. The monoisotopic (exact) mass is 372 g/mol. The number of likely N-dealkylation sites (tertiary alicyclic amines) is 1. The summed E-state index contributed by atoms with van der Waals surface area (Å²) in [5.74, 6) is 1.28. The molecule has 0 saturated carbocycles. The molecule has 7 nitrogen and oxygen atoms in total. The summed E-state index contributed by atoms with van der Waals surface area (Å²) >= 11 is 6.11. The van der Waals surface area contributed by atoms with Gasteiger partial charge in [-0.25, -0.2) is 9.97 Å². The second-order valence-corrected chi connectivity index (χ2v) is 7.55. The van der Waals surface area contributed by atoms with Gasteiger partial charge in [0.1, 0.15) is 17.5 Å². The number of carbonyl (C=O) groups is 1. The van der Waals surface area contributed by atoms with Crippen LogP contribution in [-0.4, -0.2) is 45.6 Å². The number of hydrogen-bond acceptors (Lipinski definition) is 6. The van der Waals surface area contributed by atoms with Gasteiger partial charge in [-0.1, -0.05) is 11.6 Å². The van der Waals surface area contributed by atoms with E-state index in [1.807, 2.05) is 31.0 Å². The Morgan fingerprint density at radius 1 is 1.35 bits per heavy atom. The molecule has 4 rings (SSSR count). The number of carbonyl (C=O) groups excluding carboxylic acids is 1. The third kappa shape index (κ3) is 3.03. The molecule has 0 radical (unpaired) electrons.